The molecule has 1 aromatic heterocycles. The van der Waals surface area contributed by atoms with Gasteiger partial charge in [-0.25, -0.2) is 0 Å². The number of nitrogens with two attached hydrogens (primary N) is 1. The van der Waals surface area contributed by atoms with E-state index in [0.29, 0.717) is 10.8 Å². The maximum Gasteiger partial charge on any atom is 0.129 e. The number of nitrogen functional groups attached to an aromatic ring is 1. The van der Waals surface area contributed by atoms with Crippen LogP contribution in [0.2, 0.25) is 5.02 Å². The number of hydrogen-bond acceptors (Lipinski definition) is 3. The Labute approximate surface area is 130 Å². The van der Waals surface area contributed by atoms with Crippen LogP contribution in [0.3, 0.4) is 0 Å². The van der Waals surface area contributed by atoms with Crippen LogP contribution >= 0.6 is 11.6 Å². The highest BCUT2D eigenvalue weighted by Crippen LogP contribution is 2.38. The van der Waals surface area contributed by atoms with E-state index < -0.39 is 0 Å². The first kappa shape index (κ1) is 15.7. The van der Waals surface area contributed by atoms with Crippen molar-refractivity contribution in [1.29, 1.82) is 0 Å². The van der Waals surface area contributed by atoms with Crippen molar-refractivity contribution in [3.05, 3.63) is 28.9 Å². The van der Waals surface area contributed by atoms with Gasteiger partial charge in [0, 0.05) is 17.6 Å². The molecule has 0 fully saturated rings. The second-order valence-electron chi connectivity index (χ2n) is 5.13. The molecule has 0 atom stereocenters. The number of halogens is 1. The molecule has 2 rings (SSSR count). The van der Waals surface area contributed by atoms with Gasteiger partial charge in [-0.1, -0.05) is 31.4 Å². The number of aromatic nitrogens is 2. The maximum absolute atomic E-state index is 6.22. The van der Waals surface area contributed by atoms with Crippen LogP contribution in [-0.2, 0) is 13.5 Å². The van der Waals surface area contributed by atoms with Gasteiger partial charge in [0.05, 0.1) is 18.4 Å². The van der Waals surface area contributed by atoms with E-state index in [2.05, 4.69) is 12.0 Å². The molecule has 0 aliphatic heterocycles. The van der Waals surface area contributed by atoms with Gasteiger partial charge in [0.1, 0.15) is 11.6 Å². The third kappa shape index (κ3) is 3.32. The normalized spacial score (nSPS) is 10.9. The Hall–Kier alpha value is -1.68. The van der Waals surface area contributed by atoms with Crippen molar-refractivity contribution in [3.8, 4) is 16.9 Å². The minimum Gasteiger partial charge on any atom is -0.496 e. The van der Waals surface area contributed by atoms with E-state index in [1.165, 1.54) is 12.8 Å². The Morgan fingerprint density at radius 2 is 2.10 bits per heavy atom. The number of benzene rings is 1. The average Bonchev–Trinajstić information content (AvgIpc) is 2.74. The number of hydrogen-bond donors (Lipinski definition) is 1. The van der Waals surface area contributed by atoms with Crippen molar-refractivity contribution in [2.24, 2.45) is 7.05 Å². The highest BCUT2D eigenvalue weighted by atomic mass is 35.5. The molecule has 0 saturated carbocycles. The van der Waals surface area contributed by atoms with Crippen molar-refractivity contribution < 1.29 is 4.74 Å². The number of aryl methyl sites for hydroxylation is 2. The topological polar surface area (TPSA) is 53.1 Å². The molecule has 21 heavy (non-hydrogen) atoms. The molecule has 0 saturated heterocycles. The van der Waals surface area contributed by atoms with Crippen LogP contribution in [-0.4, -0.2) is 16.9 Å². The summed E-state index contributed by atoms with van der Waals surface area (Å²) in [6.45, 7) is 2.19. The molecule has 0 amide bonds. The lowest BCUT2D eigenvalue weighted by molar-refractivity contribution is 0.416. The summed E-state index contributed by atoms with van der Waals surface area (Å²) >= 11 is 6.14. The summed E-state index contributed by atoms with van der Waals surface area (Å²) in [4.78, 5) is 0. The van der Waals surface area contributed by atoms with E-state index in [-0.39, 0.29) is 0 Å². The third-order valence-corrected chi connectivity index (χ3v) is 3.85. The van der Waals surface area contributed by atoms with Crippen molar-refractivity contribution in [2.45, 2.75) is 32.6 Å². The summed E-state index contributed by atoms with van der Waals surface area (Å²) < 4.78 is 7.17. The smallest absolute Gasteiger partial charge is 0.129 e. The monoisotopic (exact) mass is 307 g/mol. The van der Waals surface area contributed by atoms with Crippen LogP contribution in [0.5, 0.6) is 5.75 Å². The molecule has 4 nitrogen and oxygen atoms in total. The second kappa shape index (κ2) is 6.85. The summed E-state index contributed by atoms with van der Waals surface area (Å²) in [6.07, 6.45) is 4.37. The Morgan fingerprint density at radius 3 is 2.76 bits per heavy atom. The van der Waals surface area contributed by atoms with Gasteiger partial charge in [-0.05, 0) is 31.0 Å². The minimum atomic E-state index is 0.641. The number of nitrogens with zero attached hydrogens (tertiary/aromatic N) is 2. The number of methoxy groups -OCH3 is 1. The summed E-state index contributed by atoms with van der Waals surface area (Å²) in [6, 6.07) is 5.56. The molecule has 0 unspecified atom stereocenters. The van der Waals surface area contributed by atoms with Crippen LogP contribution in [0, 0.1) is 0 Å². The predicted octanol–water partition coefficient (Wildman–Crippen LogP) is 4.06. The molecule has 0 spiro atoms. The first-order valence-corrected chi connectivity index (χ1v) is 7.61. The quantitative estimate of drug-likeness (QED) is 0.819. The zero-order chi connectivity index (χ0) is 15.4. The van der Waals surface area contributed by atoms with Crippen molar-refractivity contribution in [2.75, 3.05) is 12.8 Å². The molecule has 0 bridgehead atoms. The van der Waals surface area contributed by atoms with E-state index in [0.717, 1.165) is 35.4 Å². The van der Waals surface area contributed by atoms with Gasteiger partial charge < -0.3 is 10.5 Å². The zero-order valence-corrected chi connectivity index (χ0v) is 13.6. The lowest BCUT2D eigenvalue weighted by atomic mass is 10.0. The Morgan fingerprint density at radius 1 is 1.33 bits per heavy atom. The summed E-state index contributed by atoms with van der Waals surface area (Å²) in [5, 5.41) is 5.22. The van der Waals surface area contributed by atoms with Gasteiger partial charge in [0.15, 0.2) is 0 Å². The Balaban J connectivity index is 2.49. The first-order chi connectivity index (χ1) is 10.1. The van der Waals surface area contributed by atoms with Gasteiger partial charge in [0.2, 0.25) is 0 Å². The molecular formula is C16H22ClN3O. The molecule has 0 aliphatic rings. The molecule has 2 aromatic rings. The minimum absolute atomic E-state index is 0.641. The highest BCUT2D eigenvalue weighted by molar-refractivity contribution is 6.31. The molecule has 2 N–H and O–H groups in total. The predicted molar refractivity (Wildman–Crippen MR) is 87.8 cm³/mol. The largest absolute Gasteiger partial charge is 0.496 e. The van der Waals surface area contributed by atoms with Gasteiger partial charge in [-0.15, -0.1) is 0 Å². The summed E-state index contributed by atoms with van der Waals surface area (Å²) in [7, 11) is 3.51. The van der Waals surface area contributed by atoms with Crippen molar-refractivity contribution in [3.63, 3.8) is 0 Å². The Kier molecular flexibility index (Phi) is 5.12. The van der Waals surface area contributed by atoms with E-state index in [9.17, 15) is 0 Å². The van der Waals surface area contributed by atoms with Crippen LogP contribution in [0.25, 0.3) is 11.1 Å². The van der Waals surface area contributed by atoms with Gasteiger partial charge in [-0.3, -0.25) is 4.68 Å². The van der Waals surface area contributed by atoms with Crippen LogP contribution in [0.15, 0.2) is 18.2 Å². The number of anilines is 1. The van der Waals surface area contributed by atoms with Crippen LogP contribution in [0.4, 0.5) is 5.82 Å². The SMILES string of the molecule is CCCCCc1nn(C)c(N)c1-c1cc(Cl)ccc1OC. The molecule has 5 heteroatoms. The zero-order valence-electron chi connectivity index (χ0n) is 12.8. The molecule has 1 heterocycles. The average molecular weight is 308 g/mol. The van der Waals surface area contributed by atoms with Crippen LogP contribution in [0.1, 0.15) is 31.9 Å². The fourth-order valence-electron chi connectivity index (χ4n) is 2.48. The maximum atomic E-state index is 6.22. The fraction of sp³-hybridized carbons (Fsp3) is 0.438. The summed E-state index contributed by atoms with van der Waals surface area (Å²) in [5.41, 5.74) is 9.06. The standard InChI is InChI=1S/C16H22ClN3O/c1-4-5-6-7-13-15(16(18)20(2)19-13)12-10-11(17)8-9-14(12)21-3/h8-10H,4-7,18H2,1-3H3. The number of rotatable bonds is 6. The van der Waals surface area contributed by atoms with Gasteiger partial charge in [-0.2, -0.15) is 5.10 Å². The molecule has 1 aromatic carbocycles. The summed E-state index contributed by atoms with van der Waals surface area (Å²) in [5.74, 6) is 1.40. The van der Waals surface area contributed by atoms with E-state index in [1.807, 2.05) is 25.2 Å². The lowest BCUT2D eigenvalue weighted by Gasteiger charge is -2.10. The van der Waals surface area contributed by atoms with Crippen molar-refractivity contribution >= 4 is 17.4 Å². The van der Waals surface area contributed by atoms with Gasteiger partial charge in [0.25, 0.3) is 0 Å². The lowest BCUT2D eigenvalue weighted by Crippen LogP contribution is -1.98. The highest BCUT2D eigenvalue weighted by Gasteiger charge is 2.19. The molecule has 0 radical (unpaired) electrons. The van der Waals surface area contributed by atoms with E-state index in [4.69, 9.17) is 22.1 Å². The Bertz CT molecular complexity index is 622. The number of unbranched alkanes of at least 4 members (excludes halogenated alkanes) is 2. The van der Waals surface area contributed by atoms with E-state index >= 15 is 0 Å². The first-order valence-electron chi connectivity index (χ1n) is 7.23. The van der Waals surface area contributed by atoms with Crippen LogP contribution < -0.4 is 10.5 Å². The van der Waals surface area contributed by atoms with Gasteiger partial charge >= 0.3 is 0 Å². The second-order valence-corrected chi connectivity index (χ2v) is 5.57. The third-order valence-electron chi connectivity index (χ3n) is 3.61. The fourth-order valence-corrected chi connectivity index (χ4v) is 2.65. The van der Waals surface area contributed by atoms with E-state index in [1.54, 1.807) is 11.8 Å². The molecular weight excluding hydrogens is 286 g/mol. The molecule has 0 aliphatic carbocycles. The number of ether oxygens (including phenoxy) is 1. The molecule has 114 valence electrons. The van der Waals surface area contributed by atoms with Crippen molar-refractivity contribution in [1.82, 2.24) is 9.78 Å².